The summed E-state index contributed by atoms with van der Waals surface area (Å²) in [5, 5.41) is 14.8. The molecule has 3 N–H and O–H groups in total. The number of nitrogens with one attached hydrogen (secondary N) is 2. The highest BCUT2D eigenvalue weighted by Crippen LogP contribution is 2.40. The SMILES string of the molecule is Cc1ccc(C(F)(F)F)cc1Nc1cc(C2CC2)nc(NCCO)n1. The van der Waals surface area contributed by atoms with E-state index < -0.39 is 11.7 Å². The van der Waals surface area contributed by atoms with Crippen LogP contribution in [0.3, 0.4) is 0 Å². The highest BCUT2D eigenvalue weighted by Gasteiger charge is 2.31. The summed E-state index contributed by atoms with van der Waals surface area (Å²) in [6.07, 6.45) is -2.32. The topological polar surface area (TPSA) is 70.1 Å². The van der Waals surface area contributed by atoms with Gasteiger partial charge >= 0.3 is 6.18 Å². The van der Waals surface area contributed by atoms with Gasteiger partial charge in [0.25, 0.3) is 0 Å². The van der Waals surface area contributed by atoms with Crippen molar-refractivity contribution in [2.45, 2.75) is 31.9 Å². The third kappa shape index (κ3) is 4.39. The van der Waals surface area contributed by atoms with Gasteiger partial charge in [-0.15, -0.1) is 0 Å². The predicted molar refractivity (Wildman–Crippen MR) is 89.0 cm³/mol. The van der Waals surface area contributed by atoms with Gasteiger partial charge < -0.3 is 15.7 Å². The number of hydrogen-bond donors (Lipinski definition) is 3. The second-order valence-electron chi connectivity index (χ2n) is 6.08. The number of aliphatic hydroxyl groups excluding tert-OH is 1. The number of anilines is 3. The van der Waals surface area contributed by atoms with Crippen LogP contribution in [-0.2, 0) is 6.18 Å². The molecule has 0 radical (unpaired) electrons. The molecule has 0 bridgehead atoms. The maximum absolute atomic E-state index is 12.9. The van der Waals surface area contributed by atoms with E-state index in [4.69, 9.17) is 5.11 Å². The fourth-order valence-corrected chi connectivity index (χ4v) is 2.44. The van der Waals surface area contributed by atoms with Crippen LogP contribution >= 0.6 is 0 Å². The quantitative estimate of drug-likeness (QED) is 0.737. The van der Waals surface area contributed by atoms with E-state index in [2.05, 4.69) is 20.6 Å². The zero-order valence-electron chi connectivity index (χ0n) is 13.7. The standard InChI is InChI=1S/C17H19F3N4O/c1-10-2-5-12(17(18,19)20)8-13(10)22-15-9-14(11-3-4-11)23-16(24-15)21-6-7-25/h2,5,8-9,11,25H,3-4,6-7H2,1H3,(H2,21,22,23,24). The molecule has 1 fully saturated rings. The second kappa shape index (κ2) is 6.87. The summed E-state index contributed by atoms with van der Waals surface area (Å²) in [5.41, 5.74) is 1.17. The van der Waals surface area contributed by atoms with Gasteiger partial charge in [-0.05, 0) is 37.5 Å². The van der Waals surface area contributed by atoms with Crippen LogP contribution in [0.5, 0.6) is 0 Å². The van der Waals surface area contributed by atoms with E-state index in [1.807, 2.05) is 0 Å². The van der Waals surface area contributed by atoms with Crippen molar-refractivity contribution < 1.29 is 18.3 Å². The molecule has 3 rings (SSSR count). The Kier molecular flexibility index (Phi) is 4.80. The third-order valence-electron chi connectivity index (χ3n) is 3.96. The average molecular weight is 352 g/mol. The lowest BCUT2D eigenvalue weighted by atomic mass is 10.1. The van der Waals surface area contributed by atoms with Crippen LogP contribution in [0, 0.1) is 6.92 Å². The van der Waals surface area contributed by atoms with Crippen molar-refractivity contribution in [3.8, 4) is 0 Å². The molecule has 5 nitrogen and oxygen atoms in total. The highest BCUT2D eigenvalue weighted by molar-refractivity contribution is 5.63. The summed E-state index contributed by atoms with van der Waals surface area (Å²) in [6, 6.07) is 5.33. The van der Waals surface area contributed by atoms with Gasteiger partial charge in [-0.2, -0.15) is 18.2 Å². The molecular formula is C17H19F3N4O. The minimum atomic E-state index is -4.40. The largest absolute Gasteiger partial charge is 0.416 e. The molecule has 0 unspecified atom stereocenters. The molecule has 1 aromatic carbocycles. The molecule has 1 aromatic heterocycles. The van der Waals surface area contributed by atoms with E-state index in [0.717, 1.165) is 30.7 Å². The van der Waals surface area contributed by atoms with Crippen LogP contribution in [-0.4, -0.2) is 28.2 Å². The lowest BCUT2D eigenvalue weighted by molar-refractivity contribution is -0.137. The number of aliphatic hydroxyl groups is 1. The van der Waals surface area contributed by atoms with Gasteiger partial charge in [0.2, 0.25) is 5.95 Å². The fraction of sp³-hybridized carbons (Fsp3) is 0.412. The number of aromatic nitrogens is 2. The minimum absolute atomic E-state index is 0.0630. The highest BCUT2D eigenvalue weighted by atomic mass is 19.4. The summed E-state index contributed by atoms with van der Waals surface area (Å²) < 4.78 is 38.8. The molecule has 0 amide bonds. The molecular weight excluding hydrogens is 333 g/mol. The molecule has 1 saturated carbocycles. The van der Waals surface area contributed by atoms with Gasteiger partial charge in [-0.25, -0.2) is 4.98 Å². The van der Waals surface area contributed by atoms with Crippen molar-refractivity contribution >= 4 is 17.5 Å². The Morgan fingerprint density at radius 3 is 2.60 bits per heavy atom. The van der Waals surface area contributed by atoms with Crippen molar-refractivity contribution in [1.29, 1.82) is 0 Å². The fourth-order valence-electron chi connectivity index (χ4n) is 2.44. The summed E-state index contributed by atoms with van der Waals surface area (Å²) in [5.74, 6) is 1.14. The van der Waals surface area contributed by atoms with Crippen molar-refractivity contribution in [2.75, 3.05) is 23.8 Å². The van der Waals surface area contributed by atoms with Crippen LogP contribution in [0.4, 0.5) is 30.6 Å². The first-order valence-electron chi connectivity index (χ1n) is 8.05. The maximum atomic E-state index is 12.9. The molecule has 1 aliphatic rings. The number of alkyl halides is 3. The number of rotatable bonds is 6. The Morgan fingerprint density at radius 2 is 1.96 bits per heavy atom. The maximum Gasteiger partial charge on any atom is 0.416 e. The van der Waals surface area contributed by atoms with E-state index in [9.17, 15) is 13.2 Å². The molecule has 25 heavy (non-hydrogen) atoms. The van der Waals surface area contributed by atoms with Crippen molar-refractivity contribution in [2.24, 2.45) is 0 Å². The molecule has 0 aliphatic heterocycles. The van der Waals surface area contributed by atoms with Crippen molar-refractivity contribution in [1.82, 2.24) is 9.97 Å². The number of halogens is 3. The first kappa shape index (κ1) is 17.5. The van der Waals surface area contributed by atoms with E-state index in [0.29, 0.717) is 35.5 Å². The van der Waals surface area contributed by atoms with Crippen LogP contribution in [0.1, 0.15) is 35.6 Å². The lowest BCUT2D eigenvalue weighted by Gasteiger charge is -2.14. The van der Waals surface area contributed by atoms with Gasteiger partial charge in [0.15, 0.2) is 0 Å². The van der Waals surface area contributed by atoms with Gasteiger partial charge in [0, 0.05) is 24.2 Å². The molecule has 1 heterocycles. The molecule has 8 heteroatoms. The lowest BCUT2D eigenvalue weighted by Crippen LogP contribution is -2.11. The predicted octanol–water partition coefficient (Wildman–Crippen LogP) is 3.83. The van der Waals surface area contributed by atoms with Crippen LogP contribution in [0.2, 0.25) is 0 Å². The smallest absolute Gasteiger partial charge is 0.395 e. The Balaban J connectivity index is 1.90. The summed E-state index contributed by atoms with van der Waals surface area (Å²) >= 11 is 0. The van der Waals surface area contributed by atoms with Gasteiger partial charge in [0.1, 0.15) is 5.82 Å². The second-order valence-corrected chi connectivity index (χ2v) is 6.08. The van der Waals surface area contributed by atoms with Crippen LogP contribution in [0.25, 0.3) is 0 Å². The average Bonchev–Trinajstić information content (AvgIpc) is 3.39. The van der Waals surface area contributed by atoms with Crippen molar-refractivity contribution in [3.05, 3.63) is 41.1 Å². The minimum Gasteiger partial charge on any atom is -0.395 e. The Bertz CT molecular complexity index is 760. The molecule has 0 atom stereocenters. The van der Waals surface area contributed by atoms with Gasteiger partial charge in [0.05, 0.1) is 17.9 Å². The summed E-state index contributed by atoms with van der Waals surface area (Å²) in [7, 11) is 0. The normalized spacial score (nSPS) is 14.4. The van der Waals surface area contributed by atoms with Gasteiger partial charge in [-0.1, -0.05) is 6.07 Å². The molecule has 0 saturated heterocycles. The zero-order valence-corrected chi connectivity index (χ0v) is 13.7. The number of aryl methyl sites for hydroxylation is 1. The number of nitrogens with zero attached hydrogens (tertiary/aromatic N) is 2. The molecule has 0 spiro atoms. The number of hydrogen-bond acceptors (Lipinski definition) is 5. The van der Waals surface area contributed by atoms with E-state index >= 15 is 0 Å². The molecule has 1 aliphatic carbocycles. The zero-order chi connectivity index (χ0) is 18.0. The Labute approximate surface area is 143 Å². The summed E-state index contributed by atoms with van der Waals surface area (Å²) in [6.45, 7) is 1.97. The first-order valence-corrected chi connectivity index (χ1v) is 8.05. The van der Waals surface area contributed by atoms with Crippen LogP contribution < -0.4 is 10.6 Å². The van der Waals surface area contributed by atoms with Gasteiger partial charge in [-0.3, -0.25) is 0 Å². The van der Waals surface area contributed by atoms with E-state index in [1.54, 1.807) is 13.0 Å². The van der Waals surface area contributed by atoms with E-state index in [-0.39, 0.29) is 6.61 Å². The van der Waals surface area contributed by atoms with E-state index in [1.165, 1.54) is 6.07 Å². The Hall–Kier alpha value is -2.35. The first-order chi connectivity index (χ1) is 11.9. The van der Waals surface area contributed by atoms with Crippen molar-refractivity contribution in [3.63, 3.8) is 0 Å². The summed E-state index contributed by atoms with van der Waals surface area (Å²) in [4.78, 5) is 8.68. The third-order valence-corrected chi connectivity index (χ3v) is 3.96. The molecule has 134 valence electrons. The molecule has 2 aromatic rings. The number of benzene rings is 1. The van der Waals surface area contributed by atoms with Crippen LogP contribution in [0.15, 0.2) is 24.3 Å². The Morgan fingerprint density at radius 1 is 1.20 bits per heavy atom. The monoisotopic (exact) mass is 352 g/mol.